The number of fused-ring (bicyclic) bond motifs is 5. The van der Waals surface area contributed by atoms with E-state index in [0.717, 1.165) is 11.1 Å². The van der Waals surface area contributed by atoms with Crippen LogP contribution in [0.5, 0.6) is 28.7 Å². The van der Waals surface area contributed by atoms with Crippen molar-refractivity contribution in [2.75, 3.05) is 30.1 Å². The number of ether oxygens (including phenoxy) is 5. The van der Waals surface area contributed by atoms with Crippen molar-refractivity contribution in [3.63, 3.8) is 0 Å². The van der Waals surface area contributed by atoms with Gasteiger partial charge in [0.1, 0.15) is 23.5 Å². The van der Waals surface area contributed by atoms with Gasteiger partial charge in [-0.1, -0.05) is 6.07 Å². The lowest BCUT2D eigenvalue weighted by molar-refractivity contribution is -0.134. The molecule has 0 amide bonds. The smallest absolute Gasteiger partial charge is 0.326 e. The third kappa shape index (κ3) is 5.75. The monoisotopic (exact) mass is 590 g/mol. The van der Waals surface area contributed by atoms with Gasteiger partial charge in [-0.05, 0) is 35.7 Å². The van der Waals surface area contributed by atoms with Gasteiger partial charge in [-0.2, -0.15) is 0 Å². The summed E-state index contributed by atoms with van der Waals surface area (Å²) < 4.78 is 27.2. The quantitative estimate of drug-likeness (QED) is 0.255. The second kappa shape index (κ2) is 11.8. The van der Waals surface area contributed by atoms with Gasteiger partial charge in [-0.15, -0.1) is 46.4 Å². The first-order chi connectivity index (χ1) is 17.8. The third-order valence-corrected chi connectivity index (χ3v) is 6.57. The molecule has 1 unspecified atom stereocenters. The Morgan fingerprint density at radius 1 is 0.730 bits per heavy atom. The number of hydrogen-bond acceptors (Lipinski definition) is 9. The molecule has 0 aromatic heterocycles. The minimum Gasteiger partial charge on any atom is -0.489 e. The molecule has 1 aliphatic carbocycles. The molecule has 0 fully saturated rings. The van der Waals surface area contributed by atoms with Crippen molar-refractivity contribution in [1.82, 2.24) is 0 Å². The van der Waals surface area contributed by atoms with Crippen molar-refractivity contribution in [1.29, 1.82) is 0 Å². The molecule has 196 valence electrons. The molecule has 2 aliphatic rings. The summed E-state index contributed by atoms with van der Waals surface area (Å²) in [4.78, 5) is 47.7. The van der Waals surface area contributed by atoms with E-state index in [-0.39, 0.29) is 47.2 Å². The zero-order valence-corrected chi connectivity index (χ0v) is 21.9. The molecule has 9 nitrogen and oxygen atoms in total. The molecule has 0 saturated heterocycles. The lowest BCUT2D eigenvalue weighted by Crippen LogP contribution is -2.25. The molecule has 2 aromatic carbocycles. The van der Waals surface area contributed by atoms with E-state index >= 15 is 0 Å². The molecule has 1 heterocycles. The highest BCUT2D eigenvalue weighted by Gasteiger charge is 2.42. The summed E-state index contributed by atoms with van der Waals surface area (Å²) in [6.45, 7) is 0.221. The Kier molecular flexibility index (Phi) is 8.69. The van der Waals surface area contributed by atoms with Crippen LogP contribution in [0.25, 0.3) is 0 Å². The first-order valence-electron chi connectivity index (χ1n) is 10.8. The van der Waals surface area contributed by atoms with Crippen LogP contribution in [0.3, 0.4) is 0 Å². The number of rotatable bonds is 8. The van der Waals surface area contributed by atoms with Crippen LogP contribution in [-0.4, -0.2) is 54.0 Å². The number of benzene rings is 2. The SMILES string of the molecule is O=C(CCl)Oc1cc2c(cc1OC(=O)CCl)[C@@H]1c3ccc(OC(=O)CCl)c(OC(=O)CCl)c3OCC1C2. The van der Waals surface area contributed by atoms with Crippen molar-refractivity contribution < 1.29 is 42.9 Å². The highest BCUT2D eigenvalue weighted by atomic mass is 35.5. The zero-order valence-electron chi connectivity index (χ0n) is 18.9. The molecule has 2 aromatic rings. The third-order valence-electron chi connectivity index (χ3n) is 5.70. The molecule has 0 spiro atoms. The minimum atomic E-state index is -0.781. The van der Waals surface area contributed by atoms with E-state index in [1.54, 1.807) is 18.2 Å². The van der Waals surface area contributed by atoms with Crippen molar-refractivity contribution in [3.05, 3.63) is 41.0 Å². The second-order valence-electron chi connectivity index (χ2n) is 7.99. The second-order valence-corrected chi connectivity index (χ2v) is 9.06. The fourth-order valence-corrected chi connectivity index (χ4v) is 4.60. The molecular weight excluding hydrogens is 574 g/mol. The molecule has 37 heavy (non-hydrogen) atoms. The number of carbonyl (C=O) groups is 4. The molecular formula is C24H18Cl4O9. The molecule has 4 rings (SSSR count). The van der Waals surface area contributed by atoms with E-state index in [4.69, 9.17) is 70.1 Å². The van der Waals surface area contributed by atoms with Gasteiger partial charge >= 0.3 is 23.9 Å². The Hall–Kier alpha value is -2.72. The van der Waals surface area contributed by atoms with Crippen molar-refractivity contribution in [3.8, 4) is 28.7 Å². The maximum atomic E-state index is 12.0. The molecule has 2 atom stereocenters. The first-order valence-corrected chi connectivity index (χ1v) is 13.0. The van der Waals surface area contributed by atoms with E-state index in [9.17, 15) is 19.2 Å². The molecule has 13 heteroatoms. The highest BCUT2D eigenvalue weighted by Crippen LogP contribution is 2.55. The fraction of sp³-hybridized carbons (Fsp3) is 0.333. The fourth-order valence-electron chi connectivity index (χ4n) is 4.39. The van der Waals surface area contributed by atoms with E-state index in [1.165, 1.54) is 6.07 Å². The van der Waals surface area contributed by atoms with E-state index in [2.05, 4.69) is 0 Å². The van der Waals surface area contributed by atoms with Crippen molar-refractivity contribution in [2.45, 2.75) is 12.3 Å². The number of hydrogen-bond donors (Lipinski definition) is 0. The van der Waals surface area contributed by atoms with E-state index in [1.807, 2.05) is 0 Å². The Morgan fingerprint density at radius 3 is 1.86 bits per heavy atom. The molecule has 1 aliphatic heterocycles. The summed E-state index contributed by atoms with van der Waals surface area (Å²) in [6.07, 6.45) is 0.550. The maximum Gasteiger partial charge on any atom is 0.326 e. The van der Waals surface area contributed by atoms with E-state index < -0.39 is 47.4 Å². The number of alkyl halides is 4. The Morgan fingerprint density at radius 2 is 1.27 bits per heavy atom. The average molecular weight is 592 g/mol. The van der Waals surface area contributed by atoms with Crippen molar-refractivity contribution >= 4 is 70.3 Å². The minimum absolute atomic E-state index is 0.00184. The van der Waals surface area contributed by atoms with Crippen LogP contribution in [0.4, 0.5) is 0 Å². The normalized spacial score (nSPS) is 17.0. The van der Waals surface area contributed by atoms with Gasteiger partial charge in [-0.3, -0.25) is 19.2 Å². The largest absolute Gasteiger partial charge is 0.489 e. The van der Waals surface area contributed by atoms with Crippen LogP contribution < -0.4 is 23.7 Å². The van der Waals surface area contributed by atoms with Crippen LogP contribution in [-0.2, 0) is 25.6 Å². The number of halogens is 4. The first kappa shape index (κ1) is 27.3. The average Bonchev–Trinajstić information content (AvgIpc) is 3.26. The maximum absolute atomic E-state index is 12.0. The summed E-state index contributed by atoms with van der Waals surface area (Å²) in [5, 5.41) is 0. The number of esters is 4. The highest BCUT2D eigenvalue weighted by molar-refractivity contribution is 6.27. The zero-order chi connectivity index (χ0) is 26.7. The van der Waals surface area contributed by atoms with Crippen LogP contribution >= 0.6 is 46.4 Å². The lowest BCUT2D eigenvalue weighted by Gasteiger charge is -2.31. The van der Waals surface area contributed by atoms with Gasteiger partial charge in [0.05, 0.1) is 6.61 Å². The van der Waals surface area contributed by atoms with Gasteiger partial charge in [0.15, 0.2) is 23.0 Å². The Balaban J connectivity index is 1.81. The van der Waals surface area contributed by atoms with Gasteiger partial charge in [0, 0.05) is 17.4 Å². The topological polar surface area (TPSA) is 114 Å². The summed E-state index contributed by atoms with van der Waals surface area (Å²) in [7, 11) is 0. The van der Waals surface area contributed by atoms with Crippen LogP contribution in [0, 0.1) is 5.92 Å². The van der Waals surface area contributed by atoms with Gasteiger partial charge in [-0.25, -0.2) is 0 Å². The van der Waals surface area contributed by atoms with Crippen LogP contribution in [0.15, 0.2) is 24.3 Å². The predicted octanol–water partition coefficient (Wildman–Crippen LogP) is 3.96. The summed E-state index contributed by atoms with van der Waals surface area (Å²) in [6, 6.07) is 6.36. The molecule has 0 radical (unpaired) electrons. The molecule has 0 bridgehead atoms. The van der Waals surface area contributed by atoms with E-state index in [0.29, 0.717) is 12.0 Å². The molecule has 0 saturated carbocycles. The van der Waals surface area contributed by atoms with Crippen molar-refractivity contribution in [2.24, 2.45) is 5.92 Å². The predicted molar refractivity (Wildman–Crippen MR) is 133 cm³/mol. The summed E-state index contributed by atoms with van der Waals surface area (Å²) >= 11 is 22.3. The molecule has 0 N–H and O–H groups in total. The summed E-state index contributed by atoms with van der Waals surface area (Å²) in [5.74, 6) is -4.94. The van der Waals surface area contributed by atoms with Gasteiger partial charge in [0.25, 0.3) is 0 Å². The van der Waals surface area contributed by atoms with Crippen LogP contribution in [0.1, 0.15) is 22.6 Å². The van der Waals surface area contributed by atoms with Crippen LogP contribution in [0.2, 0.25) is 0 Å². The van der Waals surface area contributed by atoms with Gasteiger partial charge in [0.2, 0.25) is 5.75 Å². The standard InChI is InChI=1S/C24H18Cl4O9/c25-6-18(29)34-15-2-1-13-22-12(10-33-23(13)24(15)37-21(32)9-28)3-11-4-16(35-19(30)7-26)17(5-14(11)22)36-20(31)8-27/h1-2,4-5,12,22H,3,6-10H2/t12?,22-/m0/s1. The van der Waals surface area contributed by atoms with Gasteiger partial charge < -0.3 is 23.7 Å². The Labute approximate surface area is 230 Å². The Bertz CT molecular complexity index is 1260. The number of carbonyl (C=O) groups excluding carboxylic acids is 4. The lowest BCUT2D eigenvalue weighted by atomic mass is 9.83. The summed E-state index contributed by atoms with van der Waals surface area (Å²) in [5.41, 5.74) is 2.24.